The molecule has 1 heterocycles. The fourth-order valence-corrected chi connectivity index (χ4v) is 3.86. The molecule has 2 N–H and O–H groups in total. The van der Waals surface area contributed by atoms with E-state index in [9.17, 15) is 9.59 Å². The first-order valence-corrected chi connectivity index (χ1v) is 10.6. The Hall–Kier alpha value is -2.41. The van der Waals surface area contributed by atoms with Crippen LogP contribution in [0.4, 0.5) is 5.69 Å². The van der Waals surface area contributed by atoms with Crippen LogP contribution in [0, 0.1) is 5.92 Å². The molecule has 0 aliphatic carbocycles. The van der Waals surface area contributed by atoms with E-state index in [1.54, 1.807) is 25.3 Å². The van der Waals surface area contributed by atoms with E-state index in [1.807, 2.05) is 30.3 Å². The summed E-state index contributed by atoms with van der Waals surface area (Å²) in [6, 6.07) is 14.9. The maximum absolute atomic E-state index is 13.0. The number of hydrogen-bond donors (Lipinski definition) is 2. The predicted molar refractivity (Wildman–Crippen MR) is 119 cm³/mol. The third-order valence-electron chi connectivity index (χ3n) is 5.25. The number of nitrogens with one attached hydrogen (secondary N) is 2. The minimum atomic E-state index is -0.230. The third-order valence-corrected chi connectivity index (χ3v) is 5.62. The van der Waals surface area contributed by atoms with E-state index in [0.717, 1.165) is 36.5 Å². The van der Waals surface area contributed by atoms with Crippen molar-refractivity contribution < 1.29 is 14.3 Å². The number of rotatable bonds is 8. The number of benzene rings is 2. The minimum Gasteiger partial charge on any atom is -0.383 e. The molecule has 1 atom stereocenters. The monoisotopic (exact) mass is 429 g/mol. The summed E-state index contributed by atoms with van der Waals surface area (Å²) in [6.07, 6.45) is 1.77. The fourth-order valence-electron chi connectivity index (χ4n) is 3.67. The zero-order valence-corrected chi connectivity index (χ0v) is 18.0. The van der Waals surface area contributed by atoms with E-state index < -0.39 is 0 Å². The summed E-state index contributed by atoms with van der Waals surface area (Å²) in [7, 11) is 1.58. The van der Waals surface area contributed by atoms with Crippen LogP contribution in [0.3, 0.4) is 0 Å². The highest BCUT2D eigenvalue weighted by atomic mass is 35.5. The van der Waals surface area contributed by atoms with Crippen molar-refractivity contribution in [2.75, 3.05) is 38.7 Å². The van der Waals surface area contributed by atoms with Gasteiger partial charge < -0.3 is 15.4 Å². The van der Waals surface area contributed by atoms with Crippen LogP contribution in [0.5, 0.6) is 0 Å². The molecule has 0 spiro atoms. The molecule has 1 unspecified atom stereocenters. The van der Waals surface area contributed by atoms with Crippen molar-refractivity contribution in [1.29, 1.82) is 0 Å². The Labute approximate surface area is 182 Å². The van der Waals surface area contributed by atoms with E-state index in [-0.39, 0.29) is 17.7 Å². The van der Waals surface area contributed by atoms with E-state index >= 15 is 0 Å². The van der Waals surface area contributed by atoms with Gasteiger partial charge in [0.1, 0.15) is 0 Å². The molecule has 7 heteroatoms. The summed E-state index contributed by atoms with van der Waals surface area (Å²) in [5.74, 6) is -0.422. The number of likely N-dealkylation sites (tertiary alicyclic amines) is 1. The molecule has 0 saturated carbocycles. The lowest BCUT2D eigenvalue weighted by atomic mass is 9.96. The molecule has 1 saturated heterocycles. The summed E-state index contributed by atoms with van der Waals surface area (Å²) in [4.78, 5) is 27.7. The number of anilines is 1. The molecule has 1 aliphatic rings. The molecule has 0 aromatic heterocycles. The van der Waals surface area contributed by atoms with E-state index in [1.165, 1.54) is 0 Å². The molecule has 2 aromatic carbocycles. The Balaban J connectivity index is 1.62. The normalized spacial score (nSPS) is 16.8. The summed E-state index contributed by atoms with van der Waals surface area (Å²) in [5, 5.41) is 6.51. The van der Waals surface area contributed by atoms with Crippen LogP contribution in [0.25, 0.3) is 0 Å². The van der Waals surface area contributed by atoms with Crippen LogP contribution in [0.1, 0.15) is 28.8 Å². The Morgan fingerprint density at radius 2 is 1.93 bits per heavy atom. The molecular formula is C23H28ClN3O3. The van der Waals surface area contributed by atoms with Gasteiger partial charge in [0.25, 0.3) is 5.91 Å². The Kier molecular flexibility index (Phi) is 8.25. The van der Waals surface area contributed by atoms with Gasteiger partial charge in [-0.25, -0.2) is 0 Å². The van der Waals surface area contributed by atoms with Crippen LogP contribution in [-0.4, -0.2) is 50.1 Å². The summed E-state index contributed by atoms with van der Waals surface area (Å²) >= 11 is 6.29. The van der Waals surface area contributed by atoms with Crippen molar-refractivity contribution in [3.05, 3.63) is 64.7 Å². The largest absolute Gasteiger partial charge is 0.383 e. The van der Waals surface area contributed by atoms with Crippen molar-refractivity contribution in [2.24, 2.45) is 5.92 Å². The highest BCUT2D eigenvalue weighted by Gasteiger charge is 2.27. The number of amides is 2. The van der Waals surface area contributed by atoms with Gasteiger partial charge in [-0.1, -0.05) is 41.9 Å². The van der Waals surface area contributed by atoms with Gasteiger partial charge in [-0.2, -0.15) is 0 Å². The fraction of sp³-hybridized carbons (Fsp3) is 0.391. The first-order chi connectivity index (χ1) is 14.6. The smallest absolute Gasteiger partial charge is 0.253 e. The minimum absolute atomic E-state index is 0.0593. The maximum Gasteiger partial charge on any atom is 0.253 e. The van der Waals surface area contributed by atoms with Gasteiger partial charge in [-0.15, -0.1) is 0 Å². The molecule has 6 nitrogen and oxygen atoms in total. The van der Waals surface area contributed by atoms with Crippen LogP contribution < -0.4 is 10.6 Å². The predicted octanol–water partition coefficient (Wildman–Crippen LogP) is 3.57. The quantitative estimate of drug-likeness (QED) is 0.629. The van der Waals surface area contributed by atoms with E-state index in [2.05, 4.69) is 15.5 Å². The standard InChI is InChI=1S/C23H28ClN3O3/c1-30-14-12-25-23(29)19-9-3-5-11-21(19)26-22(28)18-8-6-13-27(16-18)15-17-7-2-4-10-20(17)24/h2-5,7,9-11,18H,6,8,12-16H2,1H3,(H,25,29)(H,26,28). The van der Waals surface area contributed by atoms with Crippen molar-refractivity contribution in [3.63, 3.8) is 0 Å². The average Bonchev–Trinajstić information content (AvgIpc) is 2.76. The third kappa shape index (κ3) is 6.05. The molecule has 0 radical (unpaired) electrons. The average molecular weight is 430 g/mol. The molecule has 3 rings (SSSR count). The Morgan fingerprint density at radius 1 is 1.17 bits per heavy atom. The molecule has 1 fully saturated rings. The Bertz CT molecular complexity index is 874. The summed E-state index contributed by atoms with van der Waals surface area (Å²) in [6.45, 7) is 3.18. The molecule has 2 amide bonds. The van der Waals surface area contributed by atoms with Gasteiger partial charge in [0.05, 0.1) is 23.8 Å². The number of halogens is 1. The van der Waals surface area contributed by atoms with Crippen molar-refractivity contribution in [1.82, 2.24) is 10.2 Å². The van der Waals surface area contributed by atoms with Crippen molar-refractivity contribution in [2.45, 2.75) is 19.4 Å². The Morgan fingerprint density at radius 3 is 2.73 bits per heavy atom. The van der Waals surface area contributed by atoms with Gasteiger partial charge >= 0.3 is 0 Å². The zero-order valence-electron chi connectivity index (χ0n) is 17.2. The number of ether oxygens (including phenoxy) is 1. The number of methoxy groups -OCH3 is 1. The number of piperidine rings is 1. The van der Waals surface area contributed by atoms with Crippen LogP contribution >= 0.6 is 11.6 Å². The molecule has 1 aliphatic heterocycles. The highest BCUT2D eigenvalue weighted by molar-refractivity contribution is 6.31. The second-order valence-electron chi connectivity index (χ2n) is 7.45. The van der Waals surface area contributed by atoms with Crippen LogP contribution in [-0.2, 0) is 16.1 Å². The summed E-state index contributed by atoms with van der Waals surface area (Å²) < 4.78 is 4.96. The number of para-hydroxylation sites is 1. The van der Waals surface area contributed by atoms with Gasteiger partial charge in [0.15, 0.2) is 0 Å². The first kappa shape index (κ1) is 22.3. The van der Waals surface area contributed by atoms with Gasteiger partial charge in [0, 0.05) is 31.8 Å². The van der Waals surface area contributed by atoms with E-state index in [0.29, 0.717) is 30.9 Å². The molecule has 160 valence electrons. The van der Waals surface area contributed by atoms with E-state index in [4.69, 9.17) is 16.3 Å². The van der Waals surface area contributed by atoms with Crippen LogP contribution in [0.15, 0.2) is 48.5 Å². The highest BCUT2D eigenvalue weighted by Crippen LogP contribution is 2.24. The lowest BCUT2D eigenvalue weighted by Gasteiger charge is -2.32. The summed E-state index contributed by atoms with van der Waals surface area (Å²) in [5.41, 5.74) is 2.05. The van der Waals surface area contributed by atoms with Gasteiger partial charge in [0.2, 0.25) is 5.91 Å². The second kappa shape index (κ2) is 11.1. The SMILES string of the molecule is COCCNC(=O)c1ccccc1NC(=O)C1CCCN(Cc2ccccc2Cl)C1. The first-order valence-electron chi connectivity index (χ1n) is 10.2. The van der Waals surface area contributed by atoms with Crippen molar-refractivity contribution >= 4 is 29.1 Å². The van der Waals surface area contributed by atoms with Gasteiger partial charge in [-0.05, 0) is 43.1 Å². The number of nitrogens with zero attached hydrogens (tertiary/aromatic N) is 1. The maximum atomic E-state index is 13.0. The lowest BCUT2D eigenvalue weighted by molar-refractivity contribution is -0.121. The van der Waals surface area contributed by atoms with Crippen LogP contribution in [0.2, 0.25) is 5.02 Å². The second-order valence-corrected chi connectivity index (χ2v) is 7.86. The number of hydrogen-bond acceptors (Lipinski definition) is 4. The molecule has 2 aromatic rings. The molecular weight excluding hydrogens is 402 g/mol. The zero-order chi connectivity index (χ0) is 21.3. The molecule has 0 bridgehead atoms. The topological polar surface area (TPSA) is 70.7 Å². The van der Waals surface area contributed by atoms with Crippen molar-refractivity contribution in [3.8, 4) is 0 Å². The lowest BCUT2D eigenvalue weighted by Crippen LogP contribution is -2.40. The van der Waals surface area contributed by atoms with Gasteiger partial charge in [-0.3, -0.25) is 14.5 Å². The number of carbonyl (C=O) groups is 2. The number of carbonyl (C=O) groups excluding carboxylic acids is 2. The molecule has 30 heavy (non-hydrogen) atoms.